The van der Waals surface area contributed by atoms with Gasteiger partial charge in [0.05, 0.1) is 18.6 Å². The first-order valence-corrected chi connectivity index (χ1v) is 8.92. The van der Waals surface area contributed by atoms with Crippen molar-refractivity contribution in [2.75, 3.05) is 24.7 Å². The van der Waals surface area contributed by atoms with Crippen LogP contribution in [0.25, 0.3) is 0 Å². The van der Waals surface area contributed by atoms with Crippen LogP contribution < -0.4 is 9.38 Å². The van der Waals surface area contributed by atoms with Gasteiger partial charge in [-0.25, -0.2) is 0 Å². The highest BCUT2D eigenvalue weighted by molar-refractivity contribution is 5.63. The highest BCUT2D eigenvalue weighted by atomic mass is 15.5. The van der Waals surface area contributed by atoms with E-state index < -0.39 is 0 Å². The lowest BCUT2D eigenvalue weighted by Gasteiger charge is -2.54. The first kappa shape index (κ1) is 14.8. The summed E-state index contributed by atoms with van der Waals surface area (Å²) in [5.74, 6) is 0. The van der Waals surface area contributed by atoms with Crippen molar-refractivity contribution in [3.63, 3.8) is 0 Å². The molecule has 0 radical (unpaired) electrons. The van der Waals surface area contributed by atoms with Crippen LogP contribution in [0, 0.1) is 0 Å². The fraction of sp³-hybridized carbons (Fsp3) is 0.429. The van der Waals surface area contributed by atoms with Crippen molar-refractivity contribution < 1.29 is 0 Å². The summed E-state index contributed by atoms with van der Waals surface area (Å²) in [4.78, 5) is 2.63. The van der Waals surface area contributed by atoms with Crippen LogP contribution in [0.3, 0.4) is 0 Å². The molecule has 0 unspecified atom stereocenters. The molecule has 0 N–H and O–H groups in total. The standard InChI is InChI=1S/C21H27N2/c1-21(2)19-13-7-8-14-20(19)23(15-9-4-10-16-23)17-22(21)18-11-5-3-6-12-18/h3,5-8,11-14H,4,9-10,15-17H2,1-2H3/q+1. The highest BCUT2D eigenvalue weighted by Gasteiger charge is 2.47. The van der Waals surface area contributed by atoms with Gasteiger partial charge in [0.2, 0.25) is 0 Å². The van der Waals surface area contributed by atoms with Crippen molar-refractivity contribution in [2.24, 2.45) is 0 Å². The Morgan fingerprint density at radius 2 is 1.48 bits per heavy atom. The van der Waals surface area contributed by atoms with E-state index in [9.17, 15) is 0 Å². The van der Waals surface area contributed by atoms with E-state index in [1.165, 1.54) is 43.6 Å². The molecule has 2 heteroatoms. The fourth-order valence-corrected chi connectivity index (χ4v) is 4.59. The van der Waals surface area contributed by atoms with E-state index in [-0.39, 0.29) is 5.54 Å². The molecule has 1 fully saturated rings. The molecule has 1 saturated heterocycles. The quantitative estimate of drug-likeness (QED) is 0.678. The molecule has 2 aliphatic rings. The predicted molar refractivity (Wildman–Crippen MR) is 98.6 cm³/mol. The van der Waals surface area contributed by atoms with E-state index in [0.717, 1.165) is 11.2 Å². The zero-order valence-electron chi connectivity index (χ0n) is 14.3. The fourth-order valence-electron chi connectivity index (χ4n) is 4.59. The van der Waals surface area contributed by atoms with E-state index in [0.29, 0.717) is 0 Å². The number of nitrogens with zero attached hydrogens (tertiary/aromatic N) is 2. The summed E-state index contributed by atoms with van der Waals surface area (Å²) in [5.41, 5.74) is 4.43. The van der Waals surface area contributed by atoms with Gasteiger partial charge in [-0.2, -0.15) is 0 Å². The maximum absolute atomic E-state index is 2.63. The third-order valence-electron chi connectivity index (χ3n) is 5.90. The van der Waals surface area contributed by atoms with Gasteiger partial charge in [0.25, 0.3) is 0 Å². The van der Waals surface area contributed by atoms with Gasteiger partial charge >= 0.3 is 0 Å². The number of hydrogen-bond acceptors (Lipinski definition) is 1. The number of rotatable bonds is 1. The van der Waals surface area contributed by atoms with Gasteiger partial charge in [-0.1, -0.05) is 36.4 Å². The predicted octanol–water partition coefficient (Wildman–Crippen LogP) is 4.89. The Morgan fingerprint density at radius 1 is 0.826 bits per heavy atom. The van der Waals surface area contributed by atoms with Crippen molar-refractivity contribution in [2.45, 2.75) is 38.6 Å². The molecule has 2 nitrogen and oxygen atoms in total. The summed E-state index contributed by atoms with van der Waals surface area (Å²) in [7, 11) is 0. The number of benzene rings is 2. The molecule has 23 heavy (non-hydrogen) atoms. The second-order valence-corrected chi connectivity index (χ2v) is 7.63. The van der Waals surface area contributed by atoms with Gasteiger partial charge in [-0.15, -0.1) is 0 Å². The monoisotopic (exact) mass is 307 g/mol. The van der Waals surface area contributed by atoms with Crippen molar-refractivity contribution >= 4 is 11.4 Å². The van der Waals surface area contributed by atoms with Gasteiger partial charge in [-0.05, 0) is 51.3 Å². The zero-order valence-corrected chi connectivity index (χ0v) is 14.3. The van der Waals surface area contributed by atoms with Crippen molar-refractivity contribution in [3.05, 3.63) is 60.2 Å². The van der Waals surface area contributed by atoms with Gasteiger partial charge in [0, 0.05) is 11.3 Å². The van der Waals surface area contributed by atoms with Crippen molar-refractivity contribution in [1.82, 2.24) is 4.48 Å². The highest BCUT2D eigenvalue weighted by Crippen LogP contribution is 2.46. The molecule has 0 aliphatic carbocycles. The van der Waals surface area contributed by atoms with Crippen LogP contribution in [0.1, 0.15) is 38.7 Å². The lowest BCUT2D eigenvalue weighted by atomic mass is 9.85. The molecule has 0 bridgehead atoms. The number of hydrogen-bond donors (Lipinski definition) is 0. The van der Waals surface area contributed by atoms with Crippen LogP contribution in [0.15, 0.2) is 54.6 Å². The Labute approximate surface area is 139 Å². The third-order valence-corrected chi connectivity index (χ3v) is 5.90. The van der Waals surface area contributed by atoms with Crippen LogP contribution in [0.5, 0.6) is 0 Å². The maximum Gasteiger partial charge on any atom is 0.159 e. The Bertz CT molecular complexity index is 684. The van der Waals surface area contributed by atoms with E-state index in [1.54, 1.807) is 5.69 Å². The minimum Gasteiger partial charge on any atom is -0.315 e. The molecule has 4 rings (SSSR count). The summed E-state index contributed by atoms with van der Waals surface area (Å²) >= 11 is 0. The SMILES string of the molecule is CC1(C)c2ccccc2[N+]2(CCCCC2)CN1c1ccccc1. The van der Waals surface area contributed by atoms with E-state index >= 15 is 0 Å². The molecule has 2 aromatic rings. The Kier molecular flexibility index (Phi) is 3.46. The van der Waals surface area contributed by atoms with Gasteiger partial charge in [-0.3, -0.25) is 4.48 Å². The first-order valence-electron chi connectivity index (χ1n) is 8.92. The van der Waals surface area contributed by atoms with Crippen molar-refractivity contribution in [1.29, 1.82) is 0 Å². The molecule has 1 spiro atoms. The smallest absolute Gasteiger partial charge is 0.159 e. The number of para-hydroxylation sites is 2. The van der Waals surface area contributed by atoms with Crippen LogP contribution in [-0.4, -0.2) is 19.8 Å². The lowest BCUT2D eigenvalue weighted by Crippen LogP contribution is -2.65. The minimum atomic E-state index is 0.0267. The van der Waals surface area contributed by atoms with E-state index in [2.05, 4.69) is 73.3 Å². The zero-order chi connectivity index (χ0) is 15.9. The van der Waals surface area contributed by atoms with Crippen LogP contribution in [0.2, 0.25) is 0 Å². The molecule has 120 valence electrons. The third kappa shape index (κ3) is 2.28. The van der Waals surface area contributed by atoms with Crippen LogP contribution in [0.4, 0.5) is 11.4 Å². The Morgan fingerprint density at radius 3 is 2.22 bits per heavy atom. The molecule has 0 amide bonds. The van der Waals surface area contributed by atoms with E-state index in [1.807, 2.05) is 0 Å². The van der Waals surface area contributed by atoms with Crippen LogP contribution in [-0.2, 0) is 5.54 Å². The average Bonchev–Trinajstić information content (AvgIpc) is 2.60. The number of piperidine rings is 1. The largest absolute Gasteiger partial charge is 0.315 e. The number of fused-ring (bicyclic) bond motifs is 2. The summed E-state index contributed by atoms with van der Waals surface area (Å²) in [5, 5.41) is 0. The first-order chi connectivity index (χ1) is 11.1. The number of quaternary nitrogens is 1. The second-order valence-electron chi connectivity index (χ2n) is 7.63. The molecule has 2 aromatic carbocycles. The van der Waals surface area contributed by atoms with Gasteiger partial charge in [0.15, 0.2) is 6.67 Å². The average molecular weight is 307 g/mol. The van der Waals surface area contributed by atoms with Gasteiger partial charge < -0.3 is 4.90 Å². The second kappa shape index (κ2) is 5.38. The summed E-state index contributed by atoms with van der Waals surface area (Å²) in [6.07, 6.45) is 4.08. The molecule has 2 heterocycles. The van der Waals surface area contributed by atoms with Crippen LogP contribution >= 0.6 is 0 Å². The molecule has 2 aliphatic heterocycles. The normalized spacial score (nSPS) is 21.9. The molecule has 0 aromatic heterocycles. The molecule has 0 atom stereocenters. The van der Waals surface area contributed by atoms with E-state index in [4.69, 9.17) is 0 Å². The Balaban J connectivity index is 1.88. The lowest BCUT2D eigenvalue weighted by molar-refractivity contribution is 0.191. The maximum atomic E-state index is 2.63. The molecular formula is C21H27N2+. The topological polar surface area (TPSA) is 3.24 Å². The summed E-state index contributed by atoms with van der Waals surface area (Å²) in [6, 6.07) is 20.1. The number of anilines is 1. The molecule has 0 saturated carbocycles. The summed E-state index contributed by atoms with van der Waals surface area (Å²) in [6.45, 7) is 8.39. The van der Waals surface area contributed by atoms with Crippen molar-refractivity contribution in [3.8, 4) is 0 Å². The molecular weight excluding hydrogens is 280 g/mol. The van der Waals surface area contributed by atoms with Gasteiger partial charge in [0.1, 0.15) is 5.69 Å². The summed E-state index contributed by atoms with van der Waals surface area (Å²) < 4.78 is 1.13. The minimum absolute atomic E-state index is 0.0267. The Hall–Kier alpha value is -1.80.